The van der Waals surface area contributed by atoms with Crippen molar-refractivity contribution >= 4 is 0 Å². The topological polar surface area (TPSA) is 33.1 Å². The molecule has 0 unspecified atom stereocenters. The summed E-state index contributed by atoms with van der Waals surface area (Å²) in [5, 5.41) is 9.35. The maximum absolute atomic E-state index is 9.35. The molecule has 0 radical (unpaired) electrons. The van der Waals surface area contributed by atoms with Crippen molar-refractivity contribution in [1.29, 1.82) is 0 Å². The maximum Gasteiger partial charge on any atom is 0.120 e. The fourth-order valence-corrected chi connectivity index (χ4v) is 0.929. The van der Waals surface area contributed by atoms with Crippen molar-refractivity contribution in [3.8, 4) is 47.9 Å². The number of pyridine rings is 1. The molecule has 0 amide bonds. The quantitative estimate of drug-likeness (QED) is 0.683. The molecule has 1 aromatic heterocycles. The van der Waals surface area contributed by atoms with Gasteiger partial charge in [0.15, 0.2) is 0 Å². The third-order valence-electron chi connectivity index (χ3n) is 1.66. The van der Waals surface area contributed by atoms with Crippen LogP contribution < -0.4 is 0 Å². The monoisotopic (exact) mass is 233 g/mol. The largest absolute Gasteiger partial charge is 0.378 e. The first-order valence-electron chi connectivity index (χ1n) is 5.19. The van der Waals surface area contributed by atoms with Crippen LogP contribution >= 0.6 is 0 Å². The van der Waals surface area contributed by atoms with Gasteiger partial charge in [0.2, 0.25) is 0 Å². The van der Waals surface area contributed by atoms with Crippen LogP contribution in [0.3, 0.4) is 0 Å². The lowest BCUT2D eigenvalue weighted by molar-refractivity contribution is 0.143. The fourth-order valence-electron chi connectivity index (χ4n) is 0.929. The highest BCUT2D eigenvalue weighted by Crippen LogP contribution is 1.97. The van der Waals surface area contributed by atoms with Crippen molar-refractivity contribution in [3.63, 3.8) is 0 Å². The van der Waals surface area contributed by atoms with Gasteiger partial charge in [-0.1, -0.05) is 11.8 Å². The summed E-state index contributed by atoms with van der Waals surface area (Å²) in [5.74, 6) is 18.0. The van der Waals surface area contributed by atoms with Crippen LogP contribution in [-0.2, 0) is 0 Å². The molecule has 0 saturated carbocycles. The van der Waals surface area contributed by atoms with E-state index in [0.29, 0.717) is 5.69 Å². The van der Waals surface area contributed by atoms with Crippen LogP contribution in [0.2, 0.25) is 0 Å². The van der Waals surface area contributed by atoms with Crippen LogP contribution in [0.25, 0.3) is 0 Å². The van der Waals surface area contributed by atoms with Crippen molar-refractivity contribution < 1.29 is 5.11 Å². The lowest BCUT2D eigenvalue weighted by Gasteiger charge is -2.04. The molecule has 0 fully saturated rings. The van der Waals surface area contributed by atoms with Gasteiger partial charge in [0.05, 0.1) is 0 Å². The average molecular weight is 233 g/mol. The molecule has 0 aliphatic heterocycles. The second-order valence-electron chi connectivity index (χ2n) is 3.89. The van der Waals surface area contributed by atoms with Gasteiger partial charge in [-0.2, -0.15) is 0 Å². The molecule has 0 saturated heterocycles. The number of hydrogen-bond donors (Lipinski definition) is 1. The molecular weight excluding hydrogens is 222 g/mol. The molecule has 0 spiro atoms. The van der Waals surface area contributed by atoms with Gasteiger partial charge in [-0.05, 0) is 55.6 Å². The summed E-state index contributed by atoms with van der Waals surface area (Å²) in [6.45, 7) is 3.20. The van der Waals surface area contributed by atoms with Crippen LogP contribution in [-0.4, -0.2) is 15.7 Å². The molecule has 1 aromatic rings. The van der Waals surface area contributed by atoms with Gasteiger partial charge >= 0.3 is 0 Å². The molecule has 1 heterocycles. The Morgan fingerprint density at radius 2 is 1.94 bits per heavy atom. The summed E-state index contributed by atoms with van der Waals surface area (Å²) in [7, 11) is 0. The van der Waals surface area contributed by atoms with Crippen LogP contribution in [0.4, 0.5) is 0 Å². The van der Waals surface area contributed by atoms with Crippen LogP contribution in [0, 0.1) is 47.9 Å². The lowest BCUT2D eigenvalue weighted by atomic mass is 10.1. The molecule has 1 N–H and O–H groups in total. The molecule has 18 heavy (non-hydrogen) atoms. The Hall–Kier alpha value is -2.65. The zero-order chi connectivity index (χ0) is 13.4. The van der Waals surface area contributed by atoms with Crippen molar-refractivity contribution in [2.75, 3.05) is 0 Å². The Morgan fingerprint density at radius 1 is 1.17 bits per heavy atom. The summed E-state index contributed by atoms with van der Waals surface area (Å²) in [6.07, 6.45) is 6.61. The van der Waals surface area contributed by atoms with Crippen LogP contribution in [0.1, 0.15) is 25.1 Å². The van der Waals surface area contributed by atoms with Crippen molar-refractivity contribution in [1.82, 2.24) is 4.98 Å². The first kappa shape index (κ1) is 13.4. The van der Waals surface area contributed by atoms with E-state index in [1.54, 1.807) is 32.2 Å². The maximum atomic E-state index is 9.35. The minimum absolute atomic E-state index is 0.598. The normalized spacial score (nSPS) is 8.56. The Labute approximate surface area is 107 Å². The number of aromatic nitrogens is 1. The summed E-state index contributed by atoms with van der Waals surface area (Å²) in [4.78, 5) is 4.07. The second-order valence-corrected chi connectivity index (χ2v) is 3.89. The van der Waals surface area contributed by atoms with Gasteiger partial charge in [0, 0.05) is 11.8 Å². The van der Waals surface area contributed by atoms with Crippen molar-refractivity contribution in [2.24, 2.45) is 0 Å². The van der Waals surface area contributed by atoms with Gasteiger partial charge in [-0.25, -0.2) is 4.98 Å². The number of aliphatic hydroxyl groups is 1. The van der Waals surface area contributed by atoms with E-state index in [9.17, 15) is 5.11 Å². The minimum Gasteiger partial charge on any atom is -0.378 e. The van der Waals surface area contributed by atoms with Gasteiger partial charge < -0.3 is 5.11 Å². The zero-order valence-electron chi connectivity index (χ0n) is 10.2. The Kier molecular flexibility index (Phi) is 4.60. The van der Waals surface area contributed by atoms with E-state index in [1.165, 1.54) is 0 Å². The van der Waals surface area contributed by atoms with E-state index in [1.807, 2.05) is 0 Å². The molecule has 2 heteroatoms. The van der Waals surface area contributed by atoms with Gasteiger partial charge in [-0.3, -0.25) is 0 Å². The molecule has 1 rings (SSSR count). The van der Waals surface area contributed by atoms with Gasteiger partial charge in [-0.15, -0.1) is 6.42 Å². The van der Waals surface area contributed by atoms with Crippen LogP contribution in [0.5, 0.6) is 0 Å². The molecule has 0 aliphatic rings. The molecule has 2 nitrogen and oxygen atoms in total. The van der Waals surface area contributed by atoms with E-state index in [-0.39, 0.29) is 0 Å². The highest BCUT2D eigenvalue weighted by atomic mass is 16.3. The van der Waals surface area contributed by atoms with Crippen molar-refractivity contribution in [3.05, 3.63) is 29.6 Å². The highest BCUT2D eigenvalue weighted by molar-refractivity contribution is 5.42. The van der Waals surface area contributed by atoms with E-state index in [2.05, 4.69) is 46.4 Å². The summed E-state index contributed by atoms with van der Waals surface area (Å²) in [6, 6.07) is 3.52. The minimum atomic E-state index is -1.03. The van der Waals surface area contributed by atoms with Crippen molar-refractivity contribution in [2.45, 2.75) is 19.4 Å². The smallest absolute Gasteiger partial charge is 0.120 e. The Bertz CT molecular complexity index is 636. The van der Waals surface area contributed by atoms with E-state index >= 15 is 0 Å². The number of rotatable bonds is 0. The Balaban J connectivity index is 2.79. The fraction of sp³-hybridized carbons (Fsp3) is 0.188. The third-order valence-corrected chi connectivity index (χ3v) is 1.66. The first-order chi connectivity index (χ1) is 8.51. The summed E-state index contributed by atoms with van der Waals surface area (Å²) >= 11 is 0. The first-order valence-corrected chi connectivity index (χ1v) is 5.19. The molecule has 0 aromatic carbocycles. The molecule has 86 valence electrons. The molecular formula is C16H11NO. The Morgan fingerprint density at radius 3 is 2.50 bits per heavy atom. The molecule has 0 aliphatic carbocycles. The average Bonchev–Trinajstić information content (AvgIpc) is 2.32. The van der Waals surface area contributed by atoms with Crippen LogP contribution in [0.15, 0.2) is 18.3 Å². The molecule has 0 atom stereocenters. The SMILES string of the molecule is C#CC#Cc1ccc(C#CC#CC(C)(C)O)cn1. The summed E-state index contributed by atoms with van der Waals surface area (Å²) < 4.78 is 0. The van der Waals surface area contributed by atoms with E-state index < -0.39 is 5.60 Å². The lowest BCUT2D eigenvalue weighted by Crippen LogP contribution is -2.14. The second kappa shape index (κ2) is 6.18. The van der Waals surface area contributed by atoms with E-state index in [0.717, 1.165) is 5.56 Å². The molecule has 0 bridgehead atoms. The number of nitrogens with zero attached hydrogens (tertiary/aromatic N) is 1. The predicted octanol–water partition coefficient (Wildman–Crippen LogP) is 1.19. The van der Waals surface area contributed by atoms with Gasteiger partial charge in [0.25, 0.3) is 0 Å². The zero-order valence-corrected chi connectivity index (χ0v) is 10.2. The third kappa shape index (κ3) is 5.44. The number of hydrogen-bond acceptors (Lipinski definition) is 2. The summed E-state index contributed by atoms with van der Waals surface area (Å²) in [5.41, 5.74) is 0.300. The van der Waals surface area contributed by atoms with E-state index in [4.69, 9.17) is 6.42 Å². The standard InChI is InChI=1S/C16H11NO/c1-4-5-9-15-11-10-14(13-17-15)8-6-7-12-16(2,3)18/h1,10-11,13,18H,2-3H3. The van der Waals surface area contributed by atoms with Gasteiger partial charge in [0.1, 0.15) is 11.3 Å². The predicted molar refractivity (Wildman–Crippen MR) is 70.9 cm³/mol. The number of terminal acetylenes is 1. The highest BCUT2D eigenvalue weighted by Gasteiger charge is 2.04.